The number of nitrogens with zero attached hydrogens (tertiary/aromatic N) is 3. The topological polar surface area (TPSA) is 67.2 Å². The fourth-order valence-electron chi connectivity index (χ4n) is 3.78. The lowest BCUT2D eigenvalue weighted by atomic mass is 9.92. The zero-order valence-electron chi connectivity index (χ0n) is 14.5. The van der Waals surface area contributed by atoms with Crippen molar-refractivity contribution < 1.29 is 9.59 Å². The van der Waals surface area contributed by atoms with Crippen LogP contribution >= 0.6 is 0 Å². The van der Waals surface area contributed by atoms with Crippen LogP contribution in [0.2, 0.25) is 0 Å². The summed E-state index contributed by atoms with van der Waals surface area (Å²) in [5.74, 6) is 0.171. The Hall–Kier alpha value is -2.11. The Bertz CT molecular complexity index is 649. The summed E-state index contributed by atoms with van der Waals surface area (Å²) in [6.45, 7) is 0. The molecule has 24 heavy (non-hydrogen) atoms. The molecule has 0 spiro atoms. The largest absolute Gasteiger partial charge is 0.351 e. The van der Waals surface area contributed by atoms with E-state index < -0.39 is 0 Å². The minimum Gasteiger partial charge on any atom is -0.351 e. The maximum absolute atomic E-state index is 12.5. The highest BCUT2D eigenvalue weighted by molar-refractivity contribution is 5.81. The van der Waals surface area contributed by atoms with Gasteiger partial charge in [0.25, 0.3) is 0 Å². The monoisotopic (exact) mass is 330 g/mol. The Morgan fingerprint density at radius 3 is 2.83 bits per heavy atom. The standard InChI is InChI=1S/C18H26N4O2/c1-21-12-19-11-15(21)18-14(8-9-17(24)22(18)2)20-16(23)10-13-6-4-3-5-7-13/h6,11-12,14,18H,3-5,7-10H2,1-2H3,(H,20,23)/t14-,18-/m1/s1. The summed E-state index contributed by atoms with van der Waals surface area (Å²) in [7, 11) is 3.73. The summed E-state index contributed by atoms with van der Waals surface area (Å²) >= 11 is 0. The predicted molar refractivity (Wildman–Crippen MR) is 91.1 cm³/mol. The first-order valence-electron chi connectivity index (χ1n) is 8.75. The molecule has 1 fully saturated rings. The molecule has 2 amide bonds. The Kier molecular flexibility index (Phi) is 5.02. The van der Waals surface area contributed by atoms with Gasteiger partial charge in [-0.15, -0.1) is 0 Å². The van der Waals surface area contributed by atoms with Gasteiger partial charge >= 0.3 is 0 Å². The van der Waals surface area contributed by atoms with E-state index in [-0.39, 0.29) is 23.9 Å². The zero-order chi connectivity index (χ0) is 17.1. The lowest BCUT2D eigenvalue weighted by Gasteiger charge is -2.39. The van der Waals surface area contributed by atoms with Crippen LogP contribution in [0.15, 0.2) is 24.2 Å². The molecule has 6 heteroatoms. The van der Waals surface area contributed by atoms with Gasteiger partial charge in [0.05, 0.1) is 30.3 Å². The number of carbonyl (C=O) groups excluding carboxylic acids is 2. The van der Waals surface area contributed by atoms with Crippen molar-refractivity contribution in [2.24, 2.45) is 7.05 Å². The van der Waals surface area contributed by atoms with Gasteiger partial charge in [-0.3, -0.25) is 9.59 Å². The Labute approximate surface area is 142 Å². The van der Waals surface area contributed by atoms with Gasteiger partial charge in [-0.2, -0.15) is 0 Å². The molecular formula is C18H26N4O2. The fourth-order valence-corrected chi connectivity index (χ4v) is 3.78. The van der Waals surface area contributed by atoms with Gasteiger partial charge in [0, 0.05) is 26.9 Å². The molecule has 3 rings (SSSR count). The van der Waals surface area contributed by atoms with E-state index in [0.717, 1.165) is 18.5 Å². The predicted octanol–water partition coefficient (Wildman–Crippen LogP) is 2.09. The van der Waals surface area contributed by atoms with E-state index in [2.05, 4.69) is 16.4 Å². The molecule has 0 aromatic carbocycles. The number of imidazole rings is 1. The third kappa shape index (κ3) is 3.52. The zero-order valence-corrected chi connectivity index (χ0v) is 14.5. The third-order valence-corrected chi connectivity index (χ3v) is 5.14. The second-order valence-corrected chi connectivity index (χ2v) is 6.88. The molecule has 0 saturated carbocycles. The molecule has 1 aromatic rings. The molecule has 1 saturated heterocycles. The van der Waals surface area contributed by atoms with Gasteiger partial charge in [-0.05, 0) is 32.1 Å². The third-order valence-electron chi connectivity index (χ3n) is 5.14. The number of aromatic nitrogens is 2. The van der Waals surface area contributed by atoms with Crippen molar-refractivity contribution >= 4 is 11.8 Å². The van der Waals surface area contributed by atoms with Gasteiger partial charge < -0.3 is 14.8 Å². The summed E-state index contributed by atoms with van der Waals surface area (Å²) < 4.78 is 1.92. The SMILES string of the molecule is CN1C(=O)CC[C@@H](NC(=O)CC2=CCCCC2)[C@@H]1c1cncn1C. The van der Waals surface area contributed by atoms with Crippen molar-refractivity contribution in [3.8, 4) is 0 Å². The van der Waals surface area contributed by atoms with E-state index in [0.29, 0.717) is 19.3 Å². The van der Waals surface area contributed by atoms with Gasteiger partial charge in [0.15, 0.2) is 0 Å². The number of allylic oxidation sites excluding steroid dienone is 1. The Morgan fingerprint density at radius 1 is 1.33 bits per heavy atom. The number of amides is 2. The number of carbonyl (C=O) groups is 2. The van der Waals surface area contributed by atoms with Gasteiger partial charge in [-0.25, -0.2) is 4.98 Å². The molecule has 1 N–H and O–H groups in total. The average Bonchev–Trinajstić information content (AvgIpc) is 2.98. The minimum absolute atomic E-state index is 0.0584. The second-order valence-electron chi connectivity index (χ2n) is 6.88. The van der Waals surface area contributed by atoms with E-state index in [1.165, 1.54) is 18.4 Å². The van der Waals surface area contributed by atoms with Crippen molar-refractivity contribution in [2.45, 2.75) is 57.0 Å². The number of piperidine rings is 1. The molecule has 1 aliphatic heterocycles. The summed E-state index contributed by atoms with van der Waals surface area (Å²) in [6, 6.07) is -0.233. The normalized spacial score (nSPS) is 24.7. The van der Waals surface area contributed by atoms with Gasteiger partial charge in [-0.1, -0.05) is 11.6 Å². The van der Waals surface area contributed by atoms with Crippen LogP contribution in [0.4, 0.5) is 0 Å². The van der Waals surface area contributed by atoms with Crippen molar-refractivity contribution in [1.29, 1.82) is 0 Å². The highest BCUT2D eigenvalue weighted by atomic mass is 16.2. The molecule has 0 radical (unpaired) electrons. The van der Waals surface area contributed by atoms with Gasteiger partial charge in [0.1, 0.15) is 0 Å². The molecule has 130 valence electrons. The molecule has 2 heterocycles. The summed E-state index contributed by atoms with van der Waals surface area (Å²) in [6.07, 6.45) is 11.9. The maximum atomic E-state index is 12.5. The van der Waals surface area contributed by atoms with Crippen LogP contribution in [0, 0.1) is 0 Å². The number of aryl methyl sites for hydroxylation is 1. The van der Waals surface area contributed by atoms with E-state index in [9.17, 15) is 9.59 Å². The van der Waals surface area contributed by atoms with Crippen LogP contribution in [-0.4, -0.2) is 39.4 Å². The first-order chi connectivity index (χ1) is 11.6. The molecule has 6 nitrogen and oxygen atoms in total. The quantitative estimate of drug-likeness (QED) is 0.860. The van der Waals surface area contributed by atoms with E-state index in [1.807, 2.05) is 18.7 Å². The van der Waals surface area contributed by atoms with Crippen LogP contribution in [-0.2, 0) is 16.6 Å². The molecule has 2 atom stereocenters. The average molecular weight is 330 g/mol. The highest BCUT2D eigenvalue weighted by Crippen LogP contribution is 2.30. The minimum atomic E-state index is -0.164. The molecule has 2 aliphatic rings. The first-order valence-corrected chi connectivity index (χ1v) is 8.75. The number of nitrogens with one attached hydrogen (secondary N) is 1. The number of hydrogen-bond donors (Lipinski definition) is 1. The first kappa shape index (κ1) is 16.7. The summed E-state index contributed by atoms with van der Waals surface area (Å²) in [5.41, 5.74) is 2.20. The van der Waals surface area contributed by atoms with Crippen molar-refractivity contribution in [3.05, 3.63) is 29.9 Å². The lowest BCUT2D eigenvalue weighted by Crippen LogP contribution is -2.51. The smallest absolute Gasteiger partial charge is 0.224 e. The van der Waals surface area contributed by atoms with Crippen molar-refractivity contribution in [2.75, 3.05) is 7.05 Å². The maximum Gasteiger partial charge on any atom is 0.224 e. The summed E-state index contributed by atoms with van der Waals surface area (Å²) in [4.78, 5) is 30.5. The Morgan fingerprint density at radius 2 is 2.17 bits per heavy atom. The molecular weight excluding hydrogens is 304 g/mol. The van der Waals surface area contributed by atoms with Crippen LogP contribution in [0.25, 0.3) is 0 Å². The van der Waals surface area contributed by atoms with Crippen molar-refractivity contribution in [1.82, 2.24) is 19.8 Å². The van der Waals surface area contributed by atoms with E-state index in [1.54, 1.807) is 17.4 Å². The van der Waals surface area contributed by atoms with Crippen molar-refractivity contribution in [3.63, 3.8) is 0 Å². The number of rotatable bonds is 4. The second kappa shape index (κ2) is 7.20. The molecule has 1 aliphatic carbocycles. The van der Waals surface area contributed by atoms with Crippen LogP contribution in [0.1, 0.15) is 56.7 Å². The lowest BCUT2D eigenvalue weighted by molar-refractivity contribution is -0.137. The van der Waals surface area contributed by atoms with Gasteiger partial charge in [0.2, 0.25) is 11.8 Å². The van der Waals surface area contributed by atoms with Crippen LogP contribution < -0.4 is 5.32 Å². The number of hydrogen-bond acceptors (Lipinski definition) is 3. The highest BCUT2D eigenvalue weighted by Gasteiger charge is 2.37. The molecule has 1 aromatic heterocycles. The Balaban J connectivity index is 1.72. The number of likely N-dealkylation sites (N-methyl/N-ethyl adjacent to an activating group) is 1. The van der Waals surface area contributed by atoms with Crippen LogP contribution in [0.5, 0.6) is 0 Å². The number of likely N-dealkylation sites (tertiary alicyclic amines) is 1. The van der Waals surface area contributed by atoms with E-state index in [4.69, 9.17) is 0 Å². The molecule has 0 bridgehead atoms. The van der Waals surface area contributed by atoms with Crippen LogP contribution in [0.3, 0.4) is 0 Å². The van der Waals surface area contributed by atoms with E-state index >= 15 is 0 Å². The summed E-state index contributed by atoms with van der Waals surface area (Å²) in [5, 5.41) is 3.17. The molecule has 0 unspecified atom stereocenters. The fraction of sp³-hybridized carbons (Fsp3) is 0.611.